The fraction of sp³-hybridized carbons (Fsp3) is 0.462. The van der Waals surface area contributed by atoms with E-state index in [0.717, 1.165) is 11.3 Å². The minimum atomic E-state index is -0.863. The second kappa shape index (κ2) is 5.57. The van der Waals surface area contributed by atoms with Crippen molar-refractivity contribution in [3.8, 4) is 0 Å². The molecule has 0 aromatic carbocycles. The maximum Gasteiger partial charge on any atom is 0.309 e. The molecular weight excluding hydrogens is 296 g/mol. The van der Waals surface area contributed by atoms with Gasteiger partial charge in [0.1, 0.15) is 4.83 Å². The van der Waals surface area contributed by atoms with E-state index in [1.54, 1.807) is 13.8 Å². The van der Waals surface area contributed by atoms with Crippen molar-refractivity contribution >= 4 is 39.3 Å². The lowest BCUT2D eigenvalue weighted by molar-refractivity contribution is -0.145. The van der Waals surface area contributed by atoms with Crippen LogP contribution in [0, 0.1) is 5.41 Å². The number of hydrogen-bond donors (Lipinski definition) is 2. The molecule has 0 aliphatic heterocycles. The van der Waals surface area contributed by atoms with E-state index in [9.17, 15) is 9.59 Å². The van der Waals surface area contributed by atoms with E-state index >= 15 is 0 Å². The van der Waals surface area contributed by atoms with Crippen molar-refractivity contribution in [3.05, 3.63) is 21.3 Å². The van der Waals surface area contributed by atoms with Crippen LogP contribution in [0.25, 0.3) is 10.2 Å². The lowest BCUT2D eigenvalue weighted by Gasteiger charge is -2.17. The van der Waals surface area contributed by atoms with Crippen LogP contribution in [0.4, 0.5) is 0 Å². The molecule has 0 aliphatic carbocycles. The third kappa shape index (κ3) is 3.04. The summed E-state index contributed by atoms with van der Waals surface area (Å²) in [5.74, 6) is -0.513. The molecule has 0 saturated carbocycles. The first-order valence-electron chi connectivity index (χ1n) is 6.22. The number of fused-ring (bicyclic) bond motifs is 1. The predicted octanol–water partition coefficient (Wildman–Crippen LogP) is 2.75. The molecule has 0 fully saturated rings. The van der Waals surface area contributed by atoms with Gasteiger partial charge >= 0.3 is 5.97 Å². The van der Waals surface area contributed by atoms with Gasteiger partial charge in [-0.1, -0.05) is 18.7 Å². The summed E-state index contributed by atoms with van der Waals surface area (Å²) in [7, 11) is 0. The van der Waals surface area contributed by atoms with E-state index in [2.05, 4.69) is 9.97 Å². The lowest BCUT2D eigenvalue weighted by atomic mass is 9.97. The summed E-state index contributed by atoms with van der Waals surface area (Å²) in [6.45, 7) is 5.34. The van der Waals surface area contributed by atoms with Crippen LogP contribution in [-0.2, 0) is 11.2 Å². The Morgan fingerprint density at radius 3 is 2.85 bits per heavy atom. The number of carboxylic acids is 1. The van der Waals surface area contributed by atoms with Gasteiger partial charge in [-0.3, -0.25) is 9.59 Å². The number of H-pyrrole nitrogens is 1. The molecule has 0 radical (unpaired) electrons. The number of aromatic amines is 1. The summed E-state index contributed by atoms with van der Waals surface area (Å²) < 4.78 is 0. The molecule has 2 aromatic rings. The third-order valence-electron chi connectivity index (χ3n) is 2.93. The molecule has 2 heterocycles. The van der Waals surface area contributed by atoms with Crippen molar-refractivity contribution < 1.29 is 9.90 Å². The molecule has 0 saturated heterocycles. The molecule has 0 bridgehead atoms. The van der Waals surface area contributed by atoms with Gasteiger partial charge in [0, 0.05) is 10.6 Å². The summed E-state index contributed by atoms with van der Waals surface area (Å²) in [5, 5.41) is 10.2. The number of hydrogen-bond acceptors (Lipinski definition) is 5. The number of thioether (sulfide) groups is 1. The van der Waals surface area contributed by atoms with Crippen LogP contribution in [0.5, 0.6) is 0 Å². The number of aryl methyl sites for hydroxylation is 1. The number of carbonyl (C=O) groups is 1. The molecule has 2 rings (SSSR count). The molecule has 2 N–H and O–H groups in total. The minimum absolute atomic E-state index is 0.165. The number of aliphatic carboxylic acids is 1. The molecule has 20 heavy (non-hydrogen) atoms. The first kappa shape index (κ1) is 15.1. The van der Waals surface area contributed by atoms with Crippen molar-refractivity contribution in [1.82, 2.24) is 9.97 Å². The van der Waals surface area contributed by atoms with Crippen LogP contribution in [0.2, 0.25) is 0 Å². The SMILES string of the molecule is CCc1cc2c(=O)[nH]c(SCC(C)(C)C(=O)O)nc2s1. The Kier molecular flexibility index (Phi) is 4.19. The van der Waals surface area contributed by atoms with E-state index < -0.39 is 11.4 Å². The average molecular weight is 312 g/mol. The zero-order valence-corrected chi connectivity index (χ0v) is 13.2. The number of aromatic nitrogens is 2. The van der Waals surface area contributed by atoms with Crippen LogP contribution in [0.15, 0.2) is 16.0 Å². The van der Waals surface area contributed by atoms with Gasteiger partial charge in [-0.05, 0) is 26.3 Å². The highest BCUT2D eigenvalue weighted by Crippen LogP contribution is 2.27. The third-order valence-corrected chi connectivity index (χ3v) is 5.43. The Morgan fingerprint density at radius 2 is 2.25 bits per heavy atom. The van der Waals surface area contributed by atoms with E-state index in [-0.39, 0.29) is 5.56 Å². The Hall–Kier alpha value is -1.34. The van der Waals surface area contributed by atoms with Gasteiger partial charge < -0.3 is 10.1 Å². The van der Waals surface area contributed by atoms with Gasteiger partial charge in [0.05, 0.1) is 10.8 Å². The van der Waals surface area contributed by atoms with Crippen LogP contribution in [-0.4, -0.2) is 26.8 Å². The van der Waals surface area contributed by atoms with E-state index in [4.69, 9.17) is 5.11 Å². The standard InChI is InChI=1S/C13H16N2O3S2/c1-4-7-5-8-9(16)14-12(15-10(8)20-7)19-6-13(2,3)11(17)18/h5H,4,6H2,1-3H3,(H,17,18)(H,14,15,16). The smallest absolute Gasteiger partial charge is 0.309 e. The largest absolute Gasteiger partial charge is 0.481 e. The molecule has 5 nitrogen and oxygen atoms in total. The molecule has 0 aliphatic rings. The fourth-order valence-electron chi connectivity index (χ4n) is 1.51. The Balaban J connectivity index is 2.28. The normalized spacial score (nSPS) is 11.9. The highest BCUT2D eigenvalue weighted by atomic mass is 32.2. The molecule has 0 amide bonds. The van der Waals surface area contributed by atoms with Gasteiger partial charge in [0.25, 0.3) is 5.56 Å². The van der Waals surface area contributed by atoms with E-state index in [0.29, 0.717) is 21.1 Å². The molecule has 108 valence electrons. The number of thiophene rings is 1. The van der Waals surface area contributed by atoms with Gasteiger partial charge in [-0.15, -0.1) is 11.3 Å². The summed E-state index contributed by atoms with van der Waals surface area (Å²) in [6, 6.07) is 1.86. The van der Waals surface area contributed by atoms with Crippen molar-refractivity contribution in [2.24, 2.45) is 5.41 Å². The number of nitrogens with zero attached hydrogens (tertiary/aromatic N) is 1. The summed E-state index contributed by atoms with van der Waals surface area (Å²) >= 11 is 2.77. The number of nitrogens with one attached hydrogen (secondary N) is 1. The first-order valence-corrected chi connectivity index (χ1v) is 8.02. The molecule has 0 atom stereocenters. The lowest BCUT2D eigenvalue weighted by Crippen LogP contribution is -2.26. The van der Waals surface area contributed by atoms with Crippen molar-refractivity contribution in [3.63, 3.8) is 0 Å². The zero-order chi connectivity index (χ0) is 14.9. The van der Waals surface area contributed by atoms with E-state index in [1.165, 1.54) is 23.1 Å². The molecule has 0 spiro atoms. The van der Waals surface area contributed by atoms with Crippen LogP contribution in [0.1, 0.15) is 25.6 Å². The summed E-state index contributed by atoms with van der Waals surface area (Å²) in [6.07, 6.45) is 0.870. The fourth-order valence-corrected chi connectivity index (χ4v) is 3.48. The predicted molar refractivity (Wildman–Crippen MR) is 81.8 cm³/mol. The van der Waals surface area contributed by atoms with Crippen molar-refractivity contribution in [1.29, 1.82) is 0 Å². The average Bonchev–Trinajstić information content (AvgIpc) is 2.80. The number of rotatable bonds is 5. The molecule has 0 unspecified atom stereocenters. The summed E-state index contributed by atoms with van der Waals surface area (Å²) in [5.41, 5.74) is -1.02. The van der Waals surface area contributed by atoms with E-state index in [1.807, 2.05) is 13.0 Å². The van der Waals surface area contributed by atoms with Crippen LogP contribution in [0.3, 0.4) is 0 Å². The minimum Gasteiger partial charge on any atom is -0.481 e. The maximum absolute atomic E-state index is 12.0. The summed E-state index contributed by atoms with van der Waals surface area (Å²) in [4.78, 5) is 32.0. The molecular formula is C13H16N2O3S2. The van der Waals surface area contributed by atoms with Crippen molar-refractivity contribution in [2.75, 3.05) is 5.75 Å². The van der Waals surface area contributed by atoms with Crippen LogP contribution < -0.4 is 5.56 Å². The second-order valence-electron chi connectivity index (χ2n) is 5.13. The highest BCUT2D eigenvalue weighted by molar-refractivity contribution is 7.99. The Morgan fingerprint density at radius 1 is 1.55 bits per heavy atom. The van der Waals surface area contributed by atoms with Gasteiger partial charge in [-0.25, -0.2) is 4.98 Å². The Bertz CT molecular complexity index is 703. The maximum atomic E-state index is 12.0. The van der Waals surface area contributed by atoms with Gasteiger partial charge in [-0.2, -0.15) is 0 Å². The highest BCUT2D eigenvalue weighted by Gasteiger charge is 2.27. The first-order chi connectivity index (χ1) is 9.33. The zero-order valence-electron chi connectivity index (χ0n) is 11.5. The molecule has 2 aromatic heterocycles. The second-order valence-corrected chi connectivity index (χ2v) is 7.21. The quantitative estimate of drug-likeness (QED) is 0.655. The van der Waals surface area contributed by atoms with Gasteiger partial charge in [0.2, 0.25) is 0 Å². The van der Waals surface area contributed by atoms with Crippen LogP contribution >= 0.6 is 23.1 Å². The van der Waals surface area contributed by atoms with Crippen molar-refractivity contribution in [2.45, 2.75) is 32.3 Å². The monoisotopic (exact) mass is 312 g/mol. The molecule has 7 heteroatoms. The topological polar surface area (TPSA) is 83.0 Å². The van der Waals surface area contributed by atoms with Gasteiger partial charge in [0.15, 0.2) is 5.16 Å². The number of carboxylic acid groups (broad SMARTS) is 1. The Labute approximate surface area is 124 Å².